The summed E-state index contributed by atoms with van der Waals surface area (Å²) in [6, 6.07) is 47.1. The first-order chi connectivity index (χ1) is 37.8. The Bertz CT molecular complexity index is 2610. The summed E-state index contributed by atoms with van der Waals surface area (Å²) >= 11 is 41.7. The lowest BCUT2D eigenvalue weighted by atomic mass is 9.97. The number of carbonyl (C=O) groups is 8. The highest BCUT2D eigenvalue weighted by molar-refractivity contribution is 6.72. The molecule has 0 saturated carbocycles. The molecule has 432 valence electrons. The van der Waals surface area contributed by atoms with Crippen LogP contribution in [-0.2, 0) is 16.0 Å². The lowest BCUT2D eigenvalue weighted by molar-refractivity contribution is -0.110. The van der Waals surface area contributed by atoms with Gasteiger partial charge in [0.25, 0.3) is 31.5 Å². The molecule has 0 saturated heterocycles. The zero-order valence-electron chi connectivity index (χ0n) is 48.0. The maximum Gasteiger partial charge on any atom is 0.253 e. The molecular weight excluding hydrogens is 1170 g/mol. The van der Waals surface area contributed by atoms with E-state index in [0.717, 1.165) is 16.5 Å². The first-order valence-corrected chi connectivity index (χ1v) is 28.5. The Morgan fingerprint density at radius 2 is 0.430 bits per heavy atom. The van der Waals surface area contributed by atoms with Crippen molar-refractivity contribution in [2.45, 2.75) is 117 Å². The summed E-state index contributed by atoms with van der Waals surface area (Å²) < 4.78 is 0. The summed E-state index contributed by atoms with van der Waals surface area (Å²) in [6.07, 6.45) is 0.434. The minimum absolute atomic E-state index is 0.138. The molecule has 0 aliphatic heterocycles. The monoisotopic (exact) mass is 1240 g/mol. The Labute approximate surface area is 510 Å². The van der Waals surface area contributed by atoms with Crippen molar-refractivity contribution in [2.75, 3.05) is 0 Å². The van der Waals surface area contributed by atoms with Crippen LogP contribution in [0.2, 0.25) is 0 Å². The second kappa shape index (κ2) is 56.0. The molecule has 8 nitrogen and oxygen atoms in total. The van der Waals surface area contributed by atoms with Crippen LogP contribution in [0.1, 0.15) is 184 Å². The summed E-state index contributed by atoms with van der Waals surface area (Å²) in [5.74, 6) is 0. The van der Waals surface area contributed by atoms with Gasteiger partial charge in [0.15, 0.2) is 0 Å². The molecule has 16 heteroatoms. The van der Waals surface area contributed by atoms with E-state index in [4.69, 9.17) is 69.6 Å². The Morgan fingerprint density at radius 1 is 0.253 bits per heavy atom. The van der Waals surface area contributed by atoms with Crippen LogP contribution in [0.3, 0.4) is 0 Å². The van der Waals surface area contributed by atoms with E-state index < -0.39 is 31.5 Å². The molecule has 0 radical (unpaired) electrons. The Kier molecular flexibility index (Phi) is 60.3. The van der Waals surface area contributed by atoms with Crippen molar-refractivity contribution >= 4 is 156 Å². The van der Waals surface area contributed by atoms with Gasteiger partial charge in [0.05, 0.1) is 0 Å². The van der Waals surface area contributed by atoms with Crippen LogP contribution < -0.4 is 0 Å². The number of halogens is 8. The van der Waals surface area contributed by atoms with Crippen LogP contribution in [0, 0.1) is 0 Å². The maximum absolute atomic E-state index is 11.3. The van der Waals surface area contributed by atoms with E-state index in [2.05, 4.69) is 71.7 Å². The van der Waals surface area contributed by atoms with Crippen LogP contribution >= 0.6 is 92.8 Å². The van der Waals surface area contributed by atoms with Gasteiger partial charge in [-0.3, -0.25) is 38.4 Å². The average Bonchev–Trinajstić information content (AvgIpc) is 3.46. The zero-order chi connectivity index (χ0) is 62.6. The van der Waals surface area contributed by atoms with Crippen LogP contribution in [0.5, 0.6) is 0 Å². The molecule has 0 aliphatic carbocycles. The number of fused-ring (bicyclic) bond motifs is 2. The fourth-order valence-electron chi connectivity index (χ4n) is 5.56. The third-order valence-corrected chi connectivity index (χ3v) is 9.40. The van der Waals surface area contributed by atoms with Gasteiger partial charge < -0.3 is 0 Å². The largest absolute Gasteiger partial charge is 0.282 e. The average molecular weight is 1240 g/mol. The fourth-order valence-corrected chi connectivity index (χ4v) is 6.58. The molecule has 7 rings (SSSR count). The lowest BCUT2D eigenvalue weighted by Gasteiger charge is -2.08. The standard InChI is InChI=1S/C15H10Cl2O2.C12H6Cl2O2.C10H8.C8H4Cl2O2.2C2H3ClO.7C2H6/c16-14(18)12-7-3-1-5-10(12)9-11-6-2-4-8-13(11)15(17)19;13-11(15)8-5-1-3-7-4-2-6-9(10(7)8)12(14)16;1-2-6-10-8-4-3-7-9(10)5-1;9-7(11)5-3-1-2-4-6(5)8(10)12;2*1-2(3)4;7*1-2/h1-8H,9H2;1-6H;1-8H;1-4H;2*1H3;7*1-2H3. The van der Waals surface area contributed by atoms with E-state index in [1.165, 1.54) is 36.8 Å². The summed E-state index contributed by atoms with van der Waals surface area (Å²) in [6.45, 7) is 30.6. The van der Waals surface area contributed by atoms with Crippen molar-refractivity contribution in [2.24, 2.45) is 0 Å². The van der Waals surface area contributed by atoms with Crippen molar-refractivity contribution in [3.05, 3.63) is 202 Å². The van der Waals surface area contributed by atoms with Gasteiger partial charge in [0.2, 0.25) is 10.5 Å². The first kappa shape index (κ1) is 85.0. The lowest BCUT2D eigenvalue weighted by Crippen LogP contribution is -2.02. The van der Waals surface area contributed by atoms with Gasteiger partial charge in [-0.2, -0.15) is 0 Å². The van der Waals surface area contributed by atoms with Crippen LogP contribution in [0.25, 0.3) is 21.5 Å². The molecule has 0 spiro atoms. The van der Waals surface area contributed by atoms with E-state index in [0.29, 0.717) is 34.1 Å². The Balaban J connectivity index is -0.000000203. The Morgan fingerprint density at radius 3 is 0.658 bits per heavy atom. The minimum Gasteiger partial charge on any atom is -0.282 e. The molecule has 0 atom stereocenters. The molecule has 7 aromatic rings. The third kappa shape index (κ3) is 38.1. The molecule has 0 N–H and O–H groups in total. The van der Waals surface area contributed by atoms with Crippen molar-refractivity contribution in [1.29, 1.82) is 0 Å². The van der Waals surface area contributed by atoms with E-state index in [1.54, 1.807) is 72.8 Å². The second-order valence-corrected chi connectivity index (χ2v) is 15.8. The van der Waals surface area contributed by atoms with Crippen LogP contribution in [-0.4, -0.2) is 41.9 Å². The molecular formula is C63H76Cl8O8. The maximum atomic E-state index is 11.3. The van der Waals surface area contributed by atoms with E-state index in [1.807, 2.05) is 121 Å². The number of hydrogen-bond acceptors (Lipinski definition) is 8. The highest BCUT2D eigenvalue weighted by Gasteiger charge is 2.15. The Hall–Kier alpha value is -5.26. The summed E-state index contributed by atoms with van der Waals surface area (Å²) in [5, 5.41) is -0.417. The molecule has 0 aliphatic rings. The molecule has 0 unspecified atom stereocenters. The van der Waals surface area contributed by atoms with Crippen molar-refractivity contribution < 1.29 is 38.4 Å². The van der Waals surface area contributed by atoms with Gasteiger partial charge in [-0.05, 0) is 163 Å². The van der Waals surface area contributed by atoms with E-state index >= 15 is 0 Å². The molecule has 0 amide bonds. The molecule has 0 bridgehead atoms. The summed E-state index contributed by atoms with van der Waals surface area (Å²) in [7, 11) is 0. The summed E-state index contributed by atoms with van der Waals surface area (Å²) in [5.41, 5.74) is 3.30. The molecule has 79 heavy (non-hydrogen) atoms. The van der Waals surface area contributed by atoms with Crippen molar-refractivity contribution in [3.8, 4) is 0 Å². The zero-order valence-corrected chi connectivity index (χ0v) is 54.1. The van der Waals surface area contributed by atoms with Crippen molar-refractivity contribution in [1.82, 2.24) is 0 Å². The number of benzene rings is 7. The quantitative estimate of drug-likeness (QED) is 0.137. The fraction of sp³-hybridized carbons (Fsp3) is 0.270. The number of hydrogen-bond donors (Lipinski definition) is 0. The van der Waals surface area contributed by atoms with Gasteiger partial charge in [-0.15, -0.1) is 0 Å². The van der Waals surface area contributed by atoms with Gasteiger partial charge in [0, 0.05) is 52.6 Å². The molecule has 0 heterocycles. The van der Waals surface area contributed by atoms with Gasteiger partial charge in [-0.1, -0.05) is 218 Å². The molecule has 0 fully saturated rings. The SMILES string of the molecule is CC.CC.CC.CC.CC.CC.CC.CC(=O)Cl.CC(=O)Cl.O=C(Cl)c1cccc2cccc(C(=O)Cl)c12.O=C(Cl)c1ccccc1C(=O)Cl.O=C(Cl)c1ccccc1Cc1ccccc1C(=O)Cl.c1ccc2ccccc2c1. The predicted molar refractivity (Wildman–Crippen MR) is 344 cm³/mol. The van der Waals surface area contributed by atoms with E-state index in [-0.39, 0.29) is 21.6 Å². The smallest absolute Gasteiger partial charge is 0.253 e. The highest BCUT2D eigenvalue weighted by Crippen LogP contribution is 2.26. The summed E-state index contributed by atoms with van der Waals surface area (Å²) in [4.78, 5) is 85.1. The predicted octanol–water partition coefficient (Wildman–Crippen LogP) is 21.6. The number of rotatable bonds is 8. The van der Waals surface area contributed by atoms with Crippen molar-refractivity contribution in [3.63, 3.8) is 0 Å². The van der Waals surface area contributed by atoms with Gasteiger partial charge in [0.1, 0.15) is 0 Å². The van der Waals surface area contributed by atoms with Gasteiger partial charge >= 0.3 is 0 Å². The normalized spacial score (nSPS) is 8.46. The molecule has 0 aromatic heterocycles. The van der Waals surface area contributed by atoms with E-state index in [9.17, 15) is 38.4 Å². The first-order valence-electron chi connectivity index (χ1n) is 25.5. The topological polar surface area (TPSA) is 137 Å². The number of carbonyl (C=O) groups excluding carboxylic acids is 8. The third-order valence-electron chi connectivity index (χ3n) is 8.18. The minimum atomic E-state index is -0.681. The highest BCUT2D eigenvalue weighted by atomic mass is 35.5. The van der Waals surface area contributed by atoms with Crippen LogP contribution in [0.15, 0.2) is 158 Å². The van der Waals surface area contributed by atoms with Crippen LogP contribution in [0.4, 0.5) is 0 Å². The van der Waals surface area contributed by atoms with Gasteiger partial charge in [-0.25, -0.2) is 0 Å². The molecule has 7 aromatic carbocycles. The second-order valence-electron chi connectivity index (χ2n) is 12.7.